The average molecular weight is 236 g/mol. The van der Waals surface area contributed by atoms with Gasteiger partial charge in [-0.05, 0) is 37.6 Å². The summed E-state index contributed by atoms with van der Waals surface area (Å²) in [7, 11) is 0. The Hall–Kier alpha value is -1.39. The molecule has 0 spiro atoms. The maximum Gasteiger partial charge on any atom is 0.224 e. The van der Waals surface area contributed by atoms with Crippen molar-refractivity contribution in [1.82, 2.24) is 0 Å². The maximum absolute atomic E-state index is 11.5. The Labute approximate surface area is 102 Å². The van der Waals surface area contributed by atoms with Crippen molar-refractivity contribution in [1.29, 1.82) is 0 Å². The Balaban J connectivity index is 2.50. The molecule has 3 N–H and O–H groups in total. The molecule has 0 aliphatic rings. The molecule has 0 fully saturated rings. The summed E-state index contributed by atoms with van der Waals surface area (Å²) in [5.74, 6) is 0.00371. The van der Waals surface area contributed by atoms with E-state index in [4.69, 9.17) is 10.5 Å². The first-order valence-electron chi connectivity index (χ1n) is 5.93. The molecule has 0 atom stereocenters. The molecular formula is C13H20N2O2. The lowest BCUT2D eigenvalue weighted by Gasteiger charge is -2.07. The highest BCUT2D eigenvalue weighted by molar-refractivity contribution is 5.90. The first-order valence-corrected chi connectivity index (χ1v) is 5.93. The summed E-state index contributed by atoms with van der Waals surface area (Å²) >= 11 is 0. The van der Waals surface area contributed by atoms with E-state index in [1.165, 1.54) is 0 Å². The molecule has 0 aliphatic heterocycles. The van der Waals surface area contributed by atoms with Crippen LogP contribution >= 0.6 is 0 Å². The number of hydrogen-bond acceptors (Lipinski definition) is 3. The molecule has 4 nitrogen and oxygen atoms in total. The molecule has 0 heterocycles. The summed E-state index contributed by atoms with van der Waals surface area (Å²) in [5.41, 5.74) is 7.22. The predicted molar refractivity (Wildman–Crippen MR) is 68.7 cm³/mol. The number of amides is 1. The Kier molecular flexibility index (Phi) is 6.29. The van der Waals surface area contributed by atoms with Crippen molar-refractivity contribution in [2.45, 2.75) is 26.4 Å². The second kappa shape index (κ2) is 7.81. The van der Waals surface area contributed by atoms with Crippen LogP contribution in [0.25, 0.3) is 0 Å². The van der Waals surface area contributed by atoms with Crippen LogP contribution in [0, 0.1) is 0 Å². The highest BCUT2D eigenvalue weighted by Gasteiger charge is 2.02. The van der Waals surface area contributed by atoms with Gasteiger partial charge in [-0.15, -0.1) is 0 Å². The quantitative estimate of drug-likeness (QED) is 0.760. The number of rotatable bonds is 7. The Bertz CT molecular complexity index is 353. The number of benzene rings is 1. The topological polar surface area (TPSA) is 64.3 Å². The fraction of sp³-hybridized carbons (Fsp3) is 0.462. The monoisotopic (exact) mass is 236 g/mol. The van der Waals surface area contributed by atoms with E-state index in [1.54, 1.807) is 0 Å². The third-order valence-corrected chi connectivity index (χ3v) is 2.29. The minimum atomic E-state index is 0.00371. The lowest BCUT2D eigenvalue weighted by molar-refractivity contribution is -0.116. The molecule has 0 saturated carbocycles. The molecule has 1 aromatic rings. The Morgan fingerprint density at radius 1 is 1.47 bits per heavy atom. The van der Waals surface area contributed by atoms with Gasteiger partial charge in [0.1, 0.15) is 0 Å². The zero-order valence-electron chi connectivity index (χ0n) is 10.2. The van der Waals surface area contributed by atoms with Crippen molar-refractivity contribution < 1.29 is 9.53 Å². The van der Waals surface area contributed by atoms with Crippen molar-refractivity contribution in [2.24, 2.45) is 5.73 Å². The number of anilines is 1. The van der Waals surface area contributed by atoms with Gasteiger partial charge >= 0.3 is 0 Å². The Morgan fingerprint density at radius 3 is 3.00 bits per heavy atom. The van der Waals surface area contributed by atoms with Crippen molar-refractivity contribution in [3.63, 3.8) is 0 Å². The molecule has 4 heteroatoms. The van der Waals surface area contributed by atoms with Gasteiger partial charge in [-0.1, -0.05) is 12.1 Å². The van der Waals surface area contributed by atoms with Crippen LogP contribution in [0.5, 0.6) is 0 Å². The van der Waals surface area contributed by atoms with E-state index in [1.807, 2.05) is 31.2 Å². The second-order valence-corrected chi connectivity index (χ2v) is 3.78. The molecular weight excluding hydrogens is 216 g/mol. The molecule has 17 heavy (non-hydrogen) atoms. The normalized spacial score (nSPS) is 10.2. The van der Waals surface area contributed by atoms with Gasteiger partial charge in [0.15, 0.2) is 0 Å². The standard InChI is InChI=1S/C13H20N2O2/c1-2-17-10-11-5-3-6-12(9-11)15-13(16)7-4-8-14/h3,5-6,9H,2,4,7-8,10,14H2,1H3,(H,15,16). The van der Waals surface area contributed by atoms with Crippen LogP contribution in [-0.2, 0) is 16.1 Å². The first kappa shape index (κ1) is 13.7. The highest BCUT2D eigenvalue weighted by Crippen LogP contribution is 2.12. The summed E-state index contributed by atoms with van der Waals surface area (Å²) in [5, 5.41) is 2.84. The highest BCUT2D eigenvalue weighted by atomic mass is 16.5. The minimum absolute atomic E-state index is 0.00371. The largest absolute Gasteiger partial charge is 0.377 e. The van der Waals surface area contributed by atoms with Crippen LogP contribution in [-0.4, -0.2) is 19.1 Å². The maximum atomic E-state index is 11.5. The van der Waals surface area contributed by atoms with Gasteiger partial charge in [-0.2, -0.15) is 0 Å². The molecule has 0 unspecified atom stereocenters. The third-order valence-electron chi connectivity index (χ3n) is 2.29. The third kappa shape index (κ3) is 5.47. The summed E-state index contributed by atoms with van der Waals surface area (Å²) in [6, 6.07) is 7.68. The van der Waals surface area contributed by atoms with Crippen molar-refractivity contribution in [3.05, 3.63) is 29.8 Å². The summed E-state index contributed by atoms with van der Waals surface area (Å²) in [6.45, 7) is 3.76. The minimum Gasteiger partial charge on any atom is -0.377 e. The van der Waals surface area contributed by atoms with Crippen LogP contribution in [0.2, 0.25) is 0 Å². The van der Waals surface area contributed by atoms with Crippen LogP contribution in [0.3, 0.4) is 0 Å². The molecule has 0 aliphatic carbocycles. The number of nitrogens with two attached hydrogens (primary N) is 1. The average Bonchev–Trinajstić information content (AvgIpc) is 2.34. The van der Waals surface area contributed by atoms with Crippen LogP contribution in [0.1, 0.15) is 25.3 Å². The number of hydrogen-bond donors (Lipinski definition) is 2. The van der Waals surface area contributed by atoms with Gasteiger partial charge in [-0.25, -0.2) is 0 Å². The van der Waals surface area contributed by atoms with Gasteiger partial charge < -0.3 is 15.8 Å². The summed E-state index contributed by atoms with van der Waals surface area (Å²) in [6.07, 6.45) is 1.18. The van der Waals surface area contributed by atoms with Crippen molar-refractivity contribution >= 4 is 11.6 Å². The molecule has 94 valence electrons. The number of nitrogens with one attached hydrogen (secondary N) is 1. The van der Waals surface area contributed by atoms with Crippen molar-refractivity contribution in [3.8, 4) is 0 Å². The molecule has 0 radical (unpaired) electrons. The number of carbonyl (C=O) groups excluding carboxylic acids is 1. The molecule has 1 amide bonds. The lowest BCUT2D eigenvalue weighted by atomic mass is 10.2. The fourth-order valence-corrected chi connectivity index (χ4v) is 1.44. The van der Waals surface area contributed by atoms with E-state index in [0.29, 0.717) is 32.6 Å². The zero-order chi connectivity index (χ0) is 12.5. The molecule has 0 saturated heterocycles. The van der Waals surface area contributed by atoms with Crippen molar-refractivity contribution in [2.75, 3.05) is 18.5 Å². The van der Waals surface area contributed by atoms with E-state index in [9.17, 15) is 4.79 Å². The van der Waals surface area contributed by atoms with E-state index in [0.717, 1.165) is 11.3 Å². The number of carbonyl (C=O) groups is 1. The number of ether oxygens (including phenoxy) is 1. The van der Waals surface area contributed by atoms with Crippen LogP contribution in [0.15, 0.2) is 24.3 Å². The van der Waals surface area contributed by atoms with Gasteiger partial charge in [-0.3, -0.25) is 4.79 Å². The second-order valence-electron chi connectivity index (χ2n) is 3.78. The van der Waals surface area contributed by atoms with E-state index < -0.39 is 0 Å². The Morgan fingerprint density at radius 2 is 2.29 bits per heavy atom. The smallest absolute Gasteiger partial charge is 0.224 e. The molecule has 0 aromatic heterocycles. The predicted octanol–water partition coefficient (Wildman–Crippen LogP) is 1.90. The van der Waals surface area contributed by atoms with E-state index in [2.05, 4.69) is 5.32 Å². The van der Waals surface area contributed by atoms with Gasteiger partial charge in [0, 0.05) is 18.7 Å². The van der Waals surface area contributed by atoms with Crippen LogP contribution < -0.4 is 11.1 Å². The van der Waals surface area contributed by atoms with E-state index in [-0.39, 0.29) is 5.91 Å². The SMILES string of the molecule is CCOCc1cccc(NC(=O)CCCN)c1. The van der Waals surface area contributed by atoms with E-state index >= 15 is 0 Å². The van der Waals surface area contributed by atoms with Gasteiger partial charge in [0.05, 0.1) is 6.61 Å². The lowest BCUT2D eigenvalue weighted by Crippen LogP contribution is -2.13. The zero-order valence-corrected chi connectivity index (χ0v) is 10.2. The summed E-state index contributed by atoms with van der Waals surface area (Å²) in [4.78, 5) is 11.5. The van der Waals surface area contributed by atoms with Gasteiger partial charge in [0.2, 0.25) is 5.91 Å². The molecule has 1 rings (SSSR count). The molecule has 1 aromatic carbocycles. The van der Waals surface area contributed by atoms with Crippen LogP contribution in [0.4, 0.5) is 5.69 Å². The first-order chi connectivity index (χ1) is 8.26. The fourth-order valence-electron chi connectivity index (χ4n) is 1.44. The molecule has 0 bridgehead atoms. The van der Waals surface area contributed by atoms with Gasteiger partial charge in [0.25, 0.3) is 0 Å². The summed E-state index contributed by atoms with van der Waals surface area (Å²) < 4.78 is 5.32.